The molecule has 2 N–H and O–H groups in total. The predicted octanol–water partition coefficient (Wildman–Crippen LogP) is 2.89. The number of benzene rings is 2. The van der Waals surface area contributed by atoms with Gasteiger partial charge in [0.05, 0.1) is 5.92 Å². The van der Waals surface area contributed by atoms with Crippen LogP contribution in [0.3, 0.4) is 0 Å². The number of carbonyl (C=O) groups excluding carboxylic acids is 3. The Balaban J connectivity index is 1.14. The molecule has 0 bridgehead atoms. The summed E-state index contributed by atoms with van der Waals surface area (Å²) in [6.45, 7) is 1.00. The van der Waals surface area contributed by atoms with E-state index in [1.807, 2.05) is 42.1 Å². The van der Waals surface area contributed by atoms with E-state index in [0.717, 1.165) is 26.9 Å². The Morgan fingerprint density at radius 1 is 1.13 bits per heavy atom. The summed E-state index contributed by atoms with van der Waals surface area (Å²) in [6, 6.07) is 11.5. The van der Waals surface area contributed by atoms with E-state index in [1.165, 1.54) is 11.8 Å². The Hall–Kier alpha value is -4.20. The highest BCUT2D eigenvalue weighted by atomic mass is 19.4. The fraction of sp³-hybridized carbons (Fsp3) is 0.441. The number of amides is 3. The van der Waals surface area contributed by atoms with Crippen molar-refractivity contribution in [2.45, 2.75) is 68.7 Å². The van der Waals surface area contributed by atoms with E-state index >= 15 is 0 Å². The van der Waals surface area contributed by atoms with Gasteiger partial charge in [0.1, 0.15) is 12.1 Å². The molecule has 5 heterocycles. The van der Waals surface area contributed by atoms with Crippen LogP contribution < -0.4 is 5.32 Å². The number of aliphatic hydroxyl groups is 1. The highest BCUT2D eigenvalue weighted by molar-refractivity contribution is 6.01. The van der Waals surface area contributed by atoms with Crippen molar-refractivity contribution in [1.82, 2.24) is 24.6 Å². The number of aromatic nitrogens is 1. The molecule has 13 heteroatoms. The Labute approximate surface area is 268 Å². The molecule has 0 spiro atoms. The molecule has 5 aliphatic rings. The van der Waals surface area contributed by atoms with E-state index in [4.69, 9.17) is 4.74 Å². The smallest absolute Gasteiger partial charge is 0.350 e. The first kappa shape index (κ1) is 30.2. The second-order valence-electron chi connectivity index (χ2n) is 13.4. The molecule has 3 aromatic rings. The van der Waals surface area contributed by atoms with Gasteiger partial charge in [-0.3, -0.25) is 24.0 Å². The van der Waals surface area contributed by atoms with E-state index in [9.17, 15) is 32.7 Å². The van der Waals surface area contributed by atoms with Crippen LogP contribution in [0.5, 0.6) is 0 Å². The molecule has 2 aromatic carbocycles. The summed E-state index contributed by atoms with van der Waals surface area (Å²) < 4.78 is 51.8. The number of rotatable bonds is 4. The maximum absolute atomic E-state index is 14.6. The highest BCUT2D eigenvalue weighted by Crippen LogP contribution is 2.47. The second kappa shape index (κ2) is 10.1. The van der Waals surface area contributed by atoms with Crippen molar-refractivity contribution in [2.75, 3.05) is 13.1 Å². The SMILES string of the molecule is Cn1cc2c3c(cccc31)C1=C[C@@H](C(=O)N[C@]3(C)O[C@@]4(O)[C@@H]5CCCN5C(=O)[C@H](Cc5ccccc5)N4C3=O)CN(C(F)(F)F)[C@@H]1C2. The molecule has 8 rings (SSSR count). The van der Waals surface area contributed by atoms with Gasteiger partial charge in [-0.05, 0) is 54.5 Å². The molecular formula is C34H34F3N5O5. The lowest BCUT2D eigenvalue weighted by molar-refractivity contribution is -0.315. The topological polar surface area (TPSA) is 107 Å². The Bertz CT molecular complexity index is 1860. The number of hydrogen-bond donors (Lipinski definition) is 2. The van der Waals surface area contributed by atoms with Crippen LogP contribution in [0.15, 0.2) is 60.8 Å². The maximum Gasteiger partial charge on any atom is 0.460 e. The lowest BCUT2D eigenvalue weighted by atomic mass is 9.79. The Morgan fingerprint density at radius 2 is 1.89 bits per heavy atom. The fourth-order valence-corrected chi connectivity index (χ4v) is 8.47. The van der Waals surface area contributed by atoms with Crippen molar-refractivity contribution in [3.8, 4) is 0 Å². The monoisotopic (exact) mass is 649 g/mol. The minimum absolute atomic E-state index is 0.105. The molecule has 10 nitrogen and oxygen atoms in total. The summed E-state index contributed by atoms with van der Waals surface area (Å²) in [7, 11) is 1.85. The van der Waals surface area contributed by atoms with Gasteiger partial charge in [-0.15, -0.1) is 0 Å². The molecule has 0 radical (unpaired) electrons. The highest BCUT2D eigenvalue weighted by Gasteiger charge is 2.70. The summed E-state index contributed by atoms with van der Waals surface area (Å²) in [5, 5.41) is 15.5. The lowest BCUT2D eigenvalue weighted by Gasteiger charge is -2.48. The number of fused-ring (bicyclic) bond motifs is 5. The number of halogens is 3. The predicted molar refractivity (Wildman–Crippen MR) is 163 cm³/mol. The van der Waals surface area contributed by atoms with Gasteiger partial charge in [0.25, 0.3) is 11.8 Å². The average Bonchev–Trinajstić information content (AvgIpc) is 3.70. The van der Waals surface area contributed by atoms with Gasteiger partial charge in [0.15, 0.2) is 0 Å². The summed E-state index contributed by atoms with van der Waals surface area (Å²) in [5.41, 5.74) is 1.34. The molecule has 1 aromatic heterocycles. The molecule has 0 saturated carbocycles. The molecule has 3 saturated heterocycles. The molecule has 47 heavy (non-hydrogen) atoms. The first-order valence-corrected chi connectivity index (χ1v) is 15.9. The fourth-order valence-electron chi connectivity index (χ4n) is 8.47. The first-order chi connectivity index (χ1) is 22.3. The van der Waals surface area contributed by atoms with Gasteiger partial charge < -0.3 is 19.9 Å². The molecular weight excluding hydrogens is 615 g/mol. The van der Waals surface area contributed by atoms with Gasteiger partial charge in [0, 0.05) is 49.7 Å². The van der Waals surface area contributed by atoms with Crippen molar-refractivity contribution in [3.63, 3.8) is 0 Å². The van der Waals surface area contributed by atoms with E-state index < -0.39 is 60.3 Å². The van der Waals surface area contributed by atoms with Crippen molar-refractivity contribution >= 4 is 34.2 Å². The lowest BCUT2D eigenvalue weighted by Crippen LogP contribution is -2.71. The van der Waals surface area contributed by atoms with Crippen LogP contribution in [-0.4, -0.2) is 91.2 Å². The van der Waals surface area contributed by atoms with Crippen molar-refractivity contribution in [3.05, 3.63) is 77.5 Å². The van der Waals surface area contributed by atoms with Crippen molar-refractivity contribution in [1.29, 1.82) is 0 Å². The van der Waals surface area contributed by atoms with Gasteiger partial charge >= 0.3 is 6.30 Å². The maximum atomic E-state index is 14.6. The van der Waals surface area contributed by atoms with Crippen molar-refractivity contribution < 1.29 is 37.4 Å². The van der Waals surface area contributed by atoms with E-state index in [2.05, 4.69) is 5.32 Å². The quantitative estimate of drug-likeness (QED) is 0.422. The number of hydrogen-bond acceptors (Lipinski definition) is 6. The van der Waals surface area contributed by atoms with Crippen LogP contribution in [-0.2, 0) is 39.0 Å². The minimum atomic E-state index is -4.74. The molecule has 1 aliphatic carbocycles. The van der Waals surface area contributed by atoms with Gasteiger partial charge in [-0.25, -0.2) is 4.90 Å². The second-order valence-corrected chi connectivity index (χ2v) is 13.4. The molecule has 246 valence electrons. The van der Waals surface area contributed by atoms with E-state index in [1.54, 1.807) is 30.3 Å². The van der Waals surface area contributed by atoms with Crippen LogP contribution in [0.1, 0.15) is 36.5 Å². The van der Waals surface area contributed by atoms with Gasteiger partial charge in [-0.1, -0.05) is 48.5 Å². The number of carbonyl (C=O) groups is 3. The Morgan fingerprint density at radius 3 is 2.64 bits per heavy atom. The third kappa shape index (κ3) is 4.39. The number of nitrogens with zero attached hydrogens (tertiary/aromatic N) is 4. The van der Waals surface area contributed by atoms with Crippen LogP contribution in [0.2, 0.25) is 0 Å². The zero-order valence-electron chi connectivity index (χ0n) is 25.8. The number of nitrogens with one attached hydrogen (secondary N) is 1. The van der Waals surface area contributed by atoms with Crippen LogP contribution in [0, 0.1) is 5.92 Å². The summed E-state index contributed by atoms with van der Waals surface area (Å²) in [6.07, 6.45) is -0.124. The third-order valence-electron chi connectivity index (χ3n) is 10.5. The summed E-state index contributed by atoms with van der Waals surface area (Å²) >= 11 is 0. The zero-order valence-corrected chi connectivity index (χ0v) is 25.8. The van der Waals surface area contributed by atoms with Gasteiger partial charge in [0.2, 0.25) is 17.5 Å². The number of ether oxygens (including phenoxy) is 1. The first-order valence-electron chi connectivity index (χ1n) is 15.9. The number of alkyl halides is 3. The molecule has 4 aliphatic heterocycles. The number of aryl methyl sites for hydroxylation is 1. The van der Waals surface area contributed by atoms with Gasteiger partial charge in [-0.2, -0.15) is 13.2 Å². The minimum Gasteiger partial charge on any atom is -0.350 e. The number of piperazine rings is 1. The van der Waals surface area contributed by atoms with Crippen LogP contribution in [0.4, 0.5) is 13.2 Å². The zero-order chi connectivity index (χ0) is 33.0. The average molecular weight is 650 g/mol. The third-order valence-corrected chi connectivity index (χ3v) is 10.5. The standard InChI is InChI=1S/C34H34F3N5O5/c1-32(31(45)42-26(14-19-8-4-3-5-9-19)30(44)40-13-7-12-27(40)33(42,46)47-32)38-29(43)21-15-23-22-10-6-11-24-28(22)20(17-39(24)2)16-25(23)41(18-21)34(35,36)37/h3-6,8-11,15,17,21,25-27,46H,7,12-14,16,18H2,1-2H3,(H,38,43)/t21-,25-,26+,27+,32-,33+/m1/s1. The van der Waals surface area contributed by atoms with E-state index in [0.29, 0.717) is 35.4 Å². The molecule has 3 amide bonds. The normalized spacial score (nSPS) is 31.9. The largest absolute Gasteiger partial charge is 0.460 e. The molecule has 6 atom stereocenters. The van der Waals surface area contributed by atoms with E-state index in [-0.39, 0.29) is 18.7 Å². The van der Waals surface area contributed by atoms with Crippen molar-refractivity contribution in [2.24, 2.45) is 13.0 Å². The molecule has 3 fully saturated rings. The summed E-state index contributed by atoms with van der Waals surface area (Å²) in [5.74, 6) is -5.55. The van der Waals surface area contributed by atoms with Crippen LogP contribution >= 0.6 is 0 Å². The Kier molecular flexibility index (Phi) is 6.51. The molecule has 0 unspecified atom stereocenters. The summed E-state index contributed by atoms with van der Waals surface area (Å²) in [4.78, 5) is 44.8. The van der Waals surface area contributed by atoms with Crippen LogP contribution in [0.25, 0.3) is 16.5 Å².